The molecule has 32 heavy (non-hydrogen) atoms. The molecule has 1 heterocycles. The van der Waals surface area contributed by atoms with E-state index >= 15 is 0 Å². The van der Waals surface area contributed by atoms with E-state index in [4.69, 9.17) is 0 Å². The lowest BCUT2D eigenvalue weighted by molar-refractivity contribution is -0.120. The van der Waals surface area contributed by atoms with E-state index in [-0.39, 0.29) is 23.1 Å². The van der Waals surface area contributed by atoms with Gasteiger partial charge in [-0.15, -0.1) is 0 Å². The highest BCUT2D eigenvalue weighted by Crippen LogP contribution is 2.27. The average Bonchev–Trinajstić information content (AvgIpc) is 2.73. The number of benzene rings is 2. The van der Waals surface area contributed by atoms with Gasteiger partial charge >= 0.3 is 0 Å². The number of nitrogens with zero attached hydrogens (tertiary/aromatic N) is 1. The summed E-state index contributed by atoms with van der Waals surface area (Å²) in [5.74, 6) is 0.158. The summed E-state index contributed by atoms with van der Waals surface area (Å²) in [7, 11) is -3.57. The summed E-state index contributed by atoms with van der Waals surface area (Å²) in [5.41, 5.74) is 1.34. The maximum atomic E-state index is 13.0. The number of sulfonamides is 1. The van der Waals surface area contributed by atoms with Crippen LogP contribution in [0.15, 0.2) is 59.5 Å². The molecule has 2 aromatic rings. The van der Waals surface area contributed by atoms with Crippen LogP contribution in [-0.2, 0) is 19.6 Å². The zero-order valence-electron chi connectivity index (χ0n) is 18.7. The Morgan fingerprint density at radius 2 is 1.59 bits per heavy atom. The van der Waals surface area contributed by atoms with Gasteiger partial charge in [0.05, 0.1) is 17.4 Å². The number of hydrogen-bond acceptors (Lipinski definition) is 4. The molecule has 1 saturated heterocycles. The minimum absolute atomic E-state index is 0.0627. The molecule has 8 heteroatoms. The van der Waals surface area contributed by atoms with Gasteiger partial charge in [0.15, 0.2) is 0 Å². The Balaban J connectivity index is 1.67. The first-order valence-corrected chi connectivity index (χ1v) is 12.3. The Morgan fingerprint density at radius 3 is 2.16 bits per heavy atom. The molecule has 3 rings (SSSR count). The van der Waals surface area contributed by atoms with Crippen molar-refractivity contribution in [2.75, 3.05) is 18.4 Å². The van der Waals surface area contributed by atoms with Gasteiger partial charge in [0.25, 0.3) is 0 Å². The number of amides is 2. The van der Waals surface area contributed by atoms with E-state index in [0.717, 1.165) is 12.0 Å². The highest BCUT2D eigenvalue weighted by molar-refractivity contribution is 7.89. The summed E-state index contributed by atoms with van der Waals surface area (Å²) in [6.45, 7) is 6.60. The highest BCUT2D eigenvalue weighted by Gasteiger charge is 2.31. The van der Waals surface area contributed by atoms with Gasteiger partial charge in [-0.2, -0.15) is 4.31 Å². The number of piperidine rings is 1. The van der Waals surface area contributed by atoms with Crippen molar-refractivity contribution in [3.8, 4) is 0 Å². The first-order valence-electron chi connectivity index (χ1n) is 10.9. The van der Waals surface area contributed by atoms with Crippen molar-refractivity contribution in [2.24, 2.45) is 11.8 Å². The molecule has 172 valence electrons. The van der Waals surface area contributed by atoms with Gasteiger partial charge in [0.1, 0.15) is 0 Å². The number of carbonyl (C=O) groups is 2. The Kier molecular flexibility index (Phi) is 7.69. The molecule has 0 spiro atoms. The van der Waals surface area contributed by atoms with E-state index in [1.807, 2.05) is 30.3 Å². The van der Waals surface area contributed by atoms with Crippen LogP contribution in [0, 0.1) is 11.8 Å². The van der Waals surface area contributed by atoms with Crippen molar-refractivity contribution in [2.45, 2.75) is 44.6 Å². The smallest absolute Gasteiger partial charge is 0.243 e. The average molecular weight is 458 g/mol. The van der Waals surface area contributed by atoms with Crippen molar-refractivity contribution in [1.29, 1.82) is 0 Å². The third kappa shape index (κ3) is 6.17. The highest BCUT2D eigenvalue weighted by atomic mass is 32.2. The minimum Gasteiger partial charge on any atom is -0.349 e. The molecule has 1 aliphatic rings. The van der Waals surface area contributed by atoms with Crippen molar-refractivity contribution in [3.05, 3.63) is 60.2 Å². The van der Waals surface area contributed by atoms with Crippen LogP contribution >= 0.6 is 0 Å². The predicted molar refractivity (Wildman–Crippen MR) is 124 cm³/mol. The maximum Gasteiger partial charge on any atom is 0.243 e. The molecule has 3 atom stereocenters. The normalized spacial score (nSPS) is 20.3. The molecular weight excluding hydrogens is 426 g/mol. The Hall–Kier alpha value is -2.71. The molecule has 7 nitrogen and oxygen atoms in total. The number of carbonyl (C=O) groups excluding carboxylic acids is 2. The fraction of sp³-hybridized carbons (Fsp3) is 0.417. The number of anilines is 1. The van der Waals surface area contributed by atoms with Crippen LogP contribution in [0.2, 0.25) is 0 Å². The van der Waals surface area contributed by atoms with E-state index in [9.17, 15) is 18.0 Å². The first-order chi connectivity index (χ1) is 15.1. The molecule has 0 radical (unpaired) electrons. The van der Waals surface area contributed by atoms with Gasteiger partial charge in [-0.05, 0) is 48.1 Å². The second kappa shape index (κ2) is 10.3. The van der Waals surface area contributed by atoms with E-state index in [1.54, 1.807) is 16.4 Å². The quantitative estimate of drug-likeness (QED) is 0.665. The van der Waals surface area contributed by atoms with Crippen LogP contribution in [-0.4, -0.2) is 37.6 Å². The summed E-state index contributed by atoms with van der Waals surface area (Å²) >= 11 is 0. The largest absolute Gasteiger partial charge is 0.349 e. The Bertz CT molecular complexity index is 1030. The predicted octanol–water partition coefficient (Wildman–Crippen LogP) is 3.56. The maximum absolute atomic E-state index is 13.0. The third-order valence-electron chi connectivity index (χ3n) is 5.58. The fourth-order valence-corrected chi connectivity index (χ4v) is 5.92. The van der Waals surface area contributed by atoms with E-state index in [2.05, 4.69) is 24.5 Å². The van der Waals surface area contributed by atoms with Gasteiger partial charge in [0, 0.05) is 25.7 Å². The molecule has 2 N–H and O–H groups in total. The monoisotopic (exact) mass is 457 g/mol. The van der Waals surface area contributed by atoms with Crippen LogP contribution in [0.1, 0.15) is 45.2 Å². The molecule has 0 aliphatic carbocycles. The lowest BCUT2D eigenvalue weighted by Crippen LogP contribution is -2.42. The lowest BCUT2D eigenvalue weighted by atomic mass is 9.94. The number of rotatable bonds is 7. The zero-order chi connectivity index (χ0) is 23.3. The second-order valence-electron chi connectivity index (χ2n) is 8.71. The molecule has 2 amide bonds. The summed E-state index contributed by atoms with van der Waals surface area (Å²) in [6.07, 6.45) is 1.09. The molecule has 1 fully saturated rings. The molecule has 3 unspecified atom stereocenters. The standard InChI is InChI=1S/C24H31N3O4S/c1-17-13-18(2)16-27(15-17)32(30,31)22-11-9-21(10-12-22)26-24(29)14-23(25-19(3)28)20-7-5-4-6-8-20/h4-12,17-18,23H,13-16H2,1-3H3,(H,25,28)(H,26,29). The molecule has 2 aromatic carbocycles. The van der Waals surface area contributed by atoms with Crippen molar-refractivity contribution in [3.63, 3.8) is 0 Å². The molecule has 1 aliphatic heterocycles. The number of hydrogen-bond donors (Lipinski definition) is 2. The molecule has 0 aromatic heterocycles. The SMILES string of the molecule is CC(=O)NC(CC(=O)Nc1ccc(S(=O)(=O)N2CC(C)CC(C)C2)cc1)c1ccccc1. The lowest BCUT2D eigenvalue weighted by Gasteiger charge is -2.34. The third-order valence-corrected chi connectivity index (χ3v) is 7.43. The van der Waals surface area contributed by atoms with Gasteiger partial charge in [-0.1, -0.05) is 44.2 Å². The van der Waals surface area contributed by atoms with Crippen molar-refractivity contribution < 1.29 is 18.0 Å². The first kappa shape index (κ1) is 23.9. The van der Waals surface area contributed by atoms with Gasteiger partial charge < -0.3 is 10.6 Å². The van der Waals surface area contributed by atoms with Crippen LogP contribution in [0.5, 0.6) is 0 Å². The number of nitrogens with one attached hydrogen (secondary N) is 2. The molecular formula is C24H31N3O4S. The van der Waals surface area contributed by atoms with Gasteiger partial charge in [0.2, 0.25) is 21.8 Å². The van der Waals surface area contributed by atoms with E-state index < -0.39 is 16.1 Å². The minimum atomic E-state index is -3.57. The summed E-state index contributed by atoms with van der Waals surface area (Å²) < 4.78 is 27.6. The summed E-state index contributed by atoms with van der Waals surface area (Å²) in [4.78, 5) is 24.4. The summed E-state index contributed by atoms with van der Waals surface area (Å²) in [5, 5.41) is 5.59. The van der Waals surface area contributed by atoms with Crippen LogP contribution in [0.4, 0.5) is 5.69 Å². The Morgan fingerprint density at radius 1 is 1.00 bits per heavy atom. The van der Waals surface area contributed by atoms with Crippen LogP contribution < -0.4 is 10.6 Å². The van der Waals surface area contributed by atoms with Gasteiger partial charge in [-0.3, -0.25) is 9.59 Å². The van der Waals surface area contributed by atoms with E-state index in [0.29, 0.717) is 30.6 Å². The molecule has 0 bridgehead atoms. The fourth-order valence-electron chi connectivity index (χ4n) is 4.24. The van der Waals surface area contributed by atoms with E-state index in [1.165, 1.54) is 19.1 Å². The zero-order valence-corrected chi connectivity index (χ0v) is 19.6. The topological polar surface area (TPSA) is 95.6 Å². The van der Waals surface area contributed by atoms with Crippen molar-refractivity contribution >= 4 is 27.5 Å². The van der Waals surface area contributed by atoms with Crippen molar-refractivity contribution in [1.82, 2.24) is 9.62 Å². The van der Waals surface area contributed by atoms with Crippen LogP contribution in [0.25, 0.3) is 0 Å². The summed E-state index contributed by atoms with van der Waals surface area (Å²) in [6, 6.07) is 15.1. The van der Waals surface area contributed by atoms with Gasteiger partial charge in [-0.25, -0.2) is 8.42 Å². The van der Waals surface area contributed by atoms with Crippen LogP contribution in [0.3, 0.4) is 0 Å². The Labute approximate surface area is 190 Å². The second-order valence-corrected chi connectivity index (χ2v) is 10.6. The molecule has 0 saturated carbocycles.